The number of piperidine rings is 1. The first-order valence-electron chi connectivity index (χ1n) is 7.85. The highest BCUT2D eigenvalue weighted by molar-refractivity contribution is 5.66. The van der Waals surface area contributed by atoms with E-state index in [9.17, 15) is 14.7 Å². The van der Waals surface area contributed by atoms with E-state index in [-0.39, 0.29) is 17.6 Å². The Morgan fingerprint density at radius 1 is 1.27 bits per heavy atom. The third-order valence-corrected chi connectivity index (χ3v) is 4.19. The Hall–Kier alpha value is -1.82. The second kappa shape index (κ2) is 7.45. The van der Waals surface area contributed by atoms with Crippen molar-refractivity contribution >= 4 is 5.97 Å². The molecule has 1 aliphatic rings. The van der Waals surface area contributed by atoms with Crippen molar-refractivity contribution in [1.82, 2.24) is 9.47 Å². The Balaban J connectivity index is 2.23. The summed E-state index contributed by atoms with van der Waals surface area (Å²) in [5, 5.41) is 18.9. The molecule has 2 rings (SSSR count). The van der Waals surface area contributed by atoms with Crippen molar-refractivity contribution in [2.75, 3.05) is 13.1 Å². The van der Waals surface area contributed by atoms with Gasteiger partial charge in [-0.05, 0) is 39.3 Å². The fourth-order valence-electron chi connectivity index (χ4n) is 3.01. The van der Waals surface area contributed by atoms with Crippen molar-refractivity contribution < 1.29 is 15.0 Å². The number of hydrogen-bond acceptors (Lipinski definition) is 4. The monoisotopic (exact) mass is 308 g/mol. The van der Waals surface area contributed by atoms with Crippen molar-refractivity contribution in [2.45, 2.75) is 52.1 Å². The fourth-order valence-corrected chi connectivity index (χ4v) is 3.01. The number of carbonyl (C=O) groups is 1. The second-order valence-electron chi connectivity index (χ2n) is 5.93. The zero-order valence-electron chi connectivity index (χ0n) is 13.0. The van der Waals surface area contributed by atoms with Gasteiger partial charge in [0.1, 0.15) is 0 Å². The average molecular weight is 308 g/mol. The summed E-state index contributed by atoms with van der Waals surface area (Å²) < 4.78 is 1.88. The molecule has 2 N–H and O–H groups in total. The van der Waals surface area contributed by atoms with Crippen LogP contribution in [0.25, 0.3) is 0 Å². The van der Waals surface area contributed by atoms with Crippen molar-refractivity contribution in [2.24, 2.45) is 0 Å². The zero-order chi connectivity index (χ0) is 16.1. The van der Waals surface area contributed by atoms with E-state index >= 15 is 0 Å². The highest BCUT2D eigenvalue weighted by atomic mass is 16.4. The zero-order valence-corrected chi connectivity index (χ0v) is 13.0. The van der Waals surface area contributed by atoms with Crippen LogP contribution in [0.5, 0.6) is 5.75 Å². The predicted molar refractivity (Wildman–Crippen MR) is 83.1 cm³/mol. The lowest BCUT2D eigenvalue weighted by atomic mass is 10.1. The number of aromatic nitrogens is 1. The summed E-state index contributed by atoms with van der Waals surface area (Å²) in [6.45, 7) is 4.79. The van der Waals surface area contributed by atoms with Crippen molar-refractivity contribution in [3.63, 3.8) is 0 Å². The molecular formula is C16H24N2O4. The van der Waals surface area contributed by atoms with Gasteiger partial charge in [-0.25, -0.2) is 0 Å². The van der Waals surface area contributed by atoms with Crippen LogP contribution < -0.4 is 5.43 Å². The molecule has 6 nitrogen and oxygen atoms in total. The Morgan fingerprint density at radius 2 is 1.95 bits per heavy atom. The van der Waals surface area contributed by atoms with Crippen LogP contribution in [0, 0.1) is 6.92 Å². The third-order valence-electron chi connectivity index (χ3n) is 4.19. The Bertz CT molecular complexity index is 589. The van der Waals surface area contributed by atoms with E-state index in [1.165, 1.54) is 12.5 Å². The van der Waals surface area contributed by atoms with E-state index < -0.39 is 5.97 Å². The van der Waals surface area contributed by atoms with E-state index in [0.717, 1.165) is 31.6 Å². The lowest BCUT2D eigenvalue weighted by molar-refractivity contribution is -0.137. The molecule has 0 spiro atoms. The number of pyridine rings is 1. The second-order valence-corrected chi connectivity index (χ2v) is 5.93. The number of aromatic hydroxyl groups is 1. The molecule has 0 amide bonds. The first-order chi connectivity index (χ1) is 10.5. The highest BCUT2D eigenvalue weighted by Gasteiger charge is 2.18. The van der Waals surface area contributed by atoms with Crippen LogP contribution in [0.15, 0.2) is 10.9 Å². The van der Waals surface area contributed by atoms with Gasteiger partial charge < -0.3 is 14.8 Å². The first kappa shape index (κ1) is 16.5. The fraction of sp³-hybridized carbons (Fsp3) is 0.625. The summed E-state index contributed by atoms with van der Waals surface area (Å²) in [5.74, 6) is -1.04. The standard InChI is InChI=1S/C16H24N2O4/c1-12-10-14(19)16(22)13(11-17-7-3-2-4-8-17)18(12)9-5-6-15(20)21/h10,22H,2-9,11H2,1H3,(H,20,21). The van der Waals surface area contributed by atoms with Gasteiger partial charge in [0.15, 0.2) is 5.75 Å². The number of aliphatic carboxylic acids is 1. The van der Waals surface area contributed by atoms with E-state index in [0.29, 0.717) is 25.2 Å². The molecule has 0 atom stereocenters. The number of nitrogens with zero attached hydrogens (tertiary/aromatic N) is 2. The average Bonchev–Trinajstić information content (AvgIpc) is 2.48. The minimum absolute atomic E-state index is 0.0789. The molecule has 0 aliphatic carbocycles. The minimum Gasteiger partial charge on any atom is -0.503 e. The lowest BCUT2D eigenvalue weighted by Gasteiger charge is -2.28. The van der Waals surface area contributed by atoms with Crippen LogP contribution in [0.2, 0.25) is 0 Å². The molecule has 1 fully saturated rings. The number of carboxylic acid groups (broad SMARTS) is 1. The van der Waals surface area contributed by atoms with Crippen LogP contribution in [-0.2, 0) is 17.9 Å². The van der Waals surface area contributed by atoms with Gasteiger partial charge in [0.05, 0.1) is 5.69 Å². The van der Waals surface area contributed by atoms with E-state index in [1.54, 1.807) is 0 Å². The van der Waals surface area contributed by atoms with Gasteiger partial charge in [-0.3, -0.25) is 14.5 Å². The van der Waals surface area contributed by atoms with Gasteiger partial charge in [0.2, 0.25) is 5.43 Å². The number of carboxylic acids is 1. The molecular weight excluding hydrogens is 284 g/mol. The van der Waals surface area contributed by atoms with Crippen LogP contribution in [0.4, 0.5) is 0 Å². The molecule has 0 bridgehead atoms. The van der Waals surface area contributed by atoms with Crippen LogP contribution >= 0.6 is 0 Å². The maximum atomic E-state index is 11.9. The van der Waals surface area contributed by atoms with Gasteiger partial charge in [0, 0.05) is 31.3 Å². The molecule has 0 radical (unpaired) electrons. The normalized spacial score (nSPS) is 15.9. The maximum Gasteiger partial charge on any atom is 0.303 e. The SMILES string of the molecule is Cc1cc(=O)c(O)c(CN2CCCCC2)n1CCCC(=O)O. The quantitative estimate of drug-likeness (QED) is 0.836. The largest absolute Gasteiger partial charge is 0.503 e. The number of hydrogen-bond donors (Lipinski definition) is 2. The van der Waals surface area contributed by atoms with Gasteiger partial charge >= 0.3 is 5.97 Å². The molecule has 22 heavy (non-hydrogen) atoms. The minimum atomic E-state index is -0.833. The maximum absolute atomic E-state index is 11.9. The Kier molecular flexibility index (Phi) is 5.60. The first-order valence-corrected chi connectivity index (χ1v) is 7.85. The third kappa shape index (κ3) is 4.10. The van der Waals surface area contributed by atoms with Gasteiger partial charge in [-0.15, -0.1) is 0 Å². The van der Waals surface area contributed by atoms with Crippen LogP contribution in [0.1, 0.15) is 43.5 Å². The molecule has 0 unspecified atom stereocenters. The highest BCUT2D eigenvalue weighted by Crippen LogP contribution is 2.20. The van der Waals surface area contributed by atoms with Crippen molar-refractivity contribution in [3.8, 4) is 5.75 Å². The molecule has 1 aromatic rings. The summed E-state index contributed by atoms with van der Waals surface area (Å²) in [7, 11) is 0. The van der Waals surface area contributed by atoms with Gasteiger partial charge in [-0.1, -0.05) is 6.42 Å². The molecule has 6 heteroatoms. The molecule has 0 saturated carbocycles. The number of aryl methyl sites for hydroxylation is 1. The molecule has 122 valence electrons. The van der Waals surface area contributed by atoms with Gasteiger partial charge in [0.25, 0.3) is 0 Å². The summed E-state index contributed by atoms with van der Waals surface area (Å²) in [4.78, 5) is 24.8. The van der Waals surface area contributed by atoms with Crippen LogP contribution in [0.3, 0.4) is 0 Å². The Morgan fingerprint density at radius 3 is 2.59 bits per heavy atom. The predicted octanol–water partition coefficient (Wildman–Crippen LogP) is 1.71. The number of likely N-dealkylation sites (tertiary alicyclic amines) is 1. The van der Waals surface area contributed by atoms with Crippen molar-refractivity contribution in [3.05, 3.63) is 27.7 Å². The van der Waals surface area contributed by atoms with E-state index in [4.69, 9.17) is 5.11 Å². The molecule has 1 aromatic heterocycles. The van der Waals surface area contributed by atoms with Gasteiger partial charge in [-0.2, -0.15) is 0 Å². The summed E-state index contributed by atoms with van der Waals surface area (Å²) in [6.07, 6.45) is 4.05. The summed E-state index contributed by atoms with van der Waals surface area (Å²) >= 11 is 0. The van der Waals surface area contributed by atoms with E-state index in [2.05, 4.69) is 4.90 Å². The summed E-state index contributed by atoms with van der Waals surface area (Å²) in [5.41, 5.74) is 1.01. The topological polar surface area (TPSA) is 82.8 Å². The smallest absolute Gasteiger partial charge is 0.303 e. The molecule has 0 aromatic carbocycles. The molecule has 2 heterocycles. The Labute approximate surface area is 130 Å². The summed E-state index contributed by atoms with van der Waals surface area (Å²) in [6, 6.07) is 1.41. The molecule has 1 saturated heterocycles. The van der Waals surface area contributed by atoms with E-state index in [1.807, 2.05) is 11.5 Å². The molecule has 1 aliphatic heterocycles. The van der Waals surface area contributed by atoms with Crippen molar-refractivity contribution in [1.29, 1.82) is 0 Å². The lowest BCUT2D eigenvalue weighted by Crippen LogP contribution is -2.31. The van der Waals surface area contributed by atoms with Crippen LogP contribution in [-0.4, -0.2) is 38.7 Å². The number of rotatable bonds is 6.